The lowest BCUT2D eigenvalue weighted by Crippen LogP contribution is -2.46. The number of rotatable bonds is 6. The van der Waals surface area contributed by atoms with Crippen molar-refractivity contribution in [2.75, 3.05) is 6.54 Å². The number of nitrogens with zero attached hydrogens (tertiary/aromatic N) is 1. The van der Waals surface area contributed by atoms with E-state index >= 15 is 0 Å². The molecule has 0 radical (unpaired) electrons. The maximum atomic E-state index is 12.7. The molecule has 194 valence electrons. The van der Waals surface area contributed by atoms with Gasteiger partial charge in [0, 0.05) is 41.1 Å². The molecule has 35 heavy (non-hydrogen) atoms. The van der Waals surface area contributed by atoms with Gasteiger partial charge in [0.05, 0.1) is 0 Å². The second-order valence-corrected chi connectivity index (χ2v) is 11.4. The van der Waals surface area contributed by atoms with Crippen molar-refractivity contribution in [2.24, 2.45) is 22.3 Å². The summed E-state index contributed by atoms with van der Waals surface area (Å²) in [6, 6.07) is 4.67. The summed E-state index contributed by atoms with van der Waals surface area (Å²) in [5.74, 6) is -0.247. The summed E-state index contributed by atoms with van der Waals surface area (Å²) in [6.07, 6.45) is 3.88. The molecule has 0 unspecified atom stereocenters. The Hall–Kier alpha value is -2.68. The predicted octanol–water partition coefficient (Wildman–Crippen LogP) is 3.28. The number of primary amides is 1. The van der Waals surface area contributed by atoms with Crippen molar-refractivity contribution < 1.29 is 19.5 Å². The third-order valence-electron chi connectivity index (χ3n) is 6.34. The second-order valence-electron chi connectivity index (χ2n) is 11.0. The number of benzene rings is 1. The van der Waals surface area contributed by atoms with Gasteiger partial charge in [0.1, 0.15) is 11.8 Å². The average Bonchev–Trinajstić information content (AvgIpc) is 3.32. The summed E-state index contributed by atoms with van der Waals surface area (Å²) in [5, 5.41) is 13.1. The van der Waals surface area contributed by atoms with Crippen LogP contribution in [0.2, 0.25) is 0 Å². The third-order valence-corrected chi connectivity index (χ3v) is 6.95. The normalized spacial score (nSPS) is 19.3. The first-order chi connectivity index (χ1) is 16.1. The molecule has 3 rings (SSSR count). The molecule has 1 aromatic carbocycles. The molecule has 1 heterocycles. The van der Waals surface area contributed by atoms with Gasteiger partial charge in [-0.25, -0.2) is 0 Å². The summed E-state index contributed by atoms with van der Waals surface area (Å²) in [7, 11) is 0. The van der Waals surface area contributed by atoms with Gasteiger partial charge in [0.25, 0.3) is 0 Å². The highest BCUT2D eigenvalue weighted by Crippen LogP contribution is 2.44. The minimum Gasteiger partial charge on any atom is -0.508 e. The van der Waals surface area contributed by atoms with Gasteiger partial charge in [-0.05, 0) is 49.7 Å². The minimum absolute atomic E-state index is 0.0163. The van der Waals surface area contributed by atoms with Gasteiger partial charge in [0.2, 0.25) is 17.7 Å². The van der Waals surface area contributed by atoms with Gasteiger partial charge in [-0.1, -0.05) is 39.8 Å². The number of thiol groups is 1. The molecule has 1 aliphatic carbocycles. The fourth-order valence-corrected chi connectivity index (χ4v) is 3.85. The first-order valence-electron chi connectivity index (χ1n) is 12.0. The number of likely N-dealkylation sites (tertiary alicyclic amines) is 1. The number of nitrogens with two attached hydrogens (primary N) is 2. The molecule has 1 aromatic rings. The number of phenols is 1. The quantitative estimate of drug-likeness (QED) is 0.378. The van der Waals surface area contributed by atoms with E-state index in [0.29, 0.717) is 41.1 Å². The molecule has 8 nitrogen and oxygen atoms in total. The molecular formula is C26H40N4O4S. The Balaban J connectivity index is 0.000000527. The van der Waals surface area contributed by atoms with Crippen molar-refractivity contribution in [3.8, 4) is 5.75 Å². The Morgan fingerprint density at radius 1 is 1.23 bits per heavy atom. The van der Waals surface area contributed by atoms with Crippen molar-refractivity contribution in [2.45, 2.75) is 79.3 Å². The van der Waals surface area contributed by atoms with Crippen molar-refractivity contribution in [3.63, 3.8) is 0 Å². The zero-order valence-electron chi connectivity index (χ0n) is 21.5. The largest absolute Gasteiger partial charge is 0.508 e. The number of carbonyl (C=O) groups is 3. The summed E-state index contributed by atoms with van der Waals surface area (Å²) >= 11 is 4.33. The number of carbonyl (C=O) groups excluding carboxylic acids is 3. The van der Waals surface area contributed by atoms with Crippen LogP contribution in [0.25, 0.3) is 4.91 Å². The van der Waals surface area contributed by atoms with Crippen molar-refractivity contribution in [1.29, 1.82) is 0 Å². The van der Waals surface area contributed by atoms with Gasteiger partial charge in [-0.2, -0.15) is 0 Å². The van der Waals surface area contributed by atoms with Gasteiger partial charge >= 0.3 is 0 Å². The summed E-state index contributed by atoms with van der Waals surface area (Å²) in [6.45, 7) is 10.5. The van der Waals surface area contributed by atoms with Crippen LogP contribution in [0.3, 0.4) is 0 Å². The van der Waals surface area contributed by atoms with E-state index in [1.165, 1.54) is 0 Å². The molecular weight excluding hydrogens is 464 g/mol. The zero-order chi connectivity index (χ0) is 26.6. The first kappa shape index (κ1) is 28.6. The number of nitrogens with one attached hydrogen (secondary N) is 1. The Bertz CT molecular complexity index is 992. The fraction of sp³-hybridized carbons (Fsp3) is 0.577. The van der Waals surface area contributed by atoms with Crippen LogP contribution in [0.5, 0.6) is 5.75 Å². The Morgan fingerprint density at radius 2 is 1.86 bits per heavy atom. The van der Waals surface area contributed by atoms with Crippen LogP contribution in [0.4, 0.5) is 0 Å². The van der Waals surface area contributed by atoms with E-state index in [1.807, 2.05) is 27.7 Å². The van der Waals surface area contributed by atoms with Crippen molar-refractivity contribution >= 4 is 35.3 Å². The van der Waals surface area contributed by atoms with E-state index < -0.39 is 6.04 Å². The molecule has 0 bridgehead atoms. The van der Waals surface area contributed by atoms with Crippen molar-refractivity contribution in [3.05, 3.63) is 35.0 Å². The van der Waals surface area contributed by atoms with Crippen LogP contribution in [0.15, 0.2) is 23.9 Å². The third kappa shape index (κ3) is 8.19. The Labute approximate surface area is 213 Å². The van der Waals surface area contributed by atoms with E-state index in [4.69, 9.17) is 11.5 Å². The Morgan fingerprint density at radius 3 is 2.31 bits per heavy atom. The number of hydrogen-bond donors (Lipinski definition) is 5. The van der Waals surface area contributed by atoms with E-state index in [2.05, 4.69) is 17.9 Å². The standard InChI is InChI=1S/C21H31N3O3S.C5H9NO/c1-13(22)19(28)14-7-8-15(17(25)10-14)12-23-20(27)16-6-5-9-24(16)18(26)11-21(2,3)4;1-5(2-3-5)4(6)7/h7-8,10,16,25,28H,5-6,9,11-12,22H2,1-4H3,(H,23,27);2-3H2,1H3,(H2,6,7)/b19-13-;/t16-;/m0./s1. The average molecular weight is 505 g/mol. The van der Waals surface area contributed by atoms with Gasteiger partial charge in [-0.3, -0.25) is 14.4 Å². The smallest absolute Gasteiger partial charge is 0.243 e. The Kier molecular flexibility index (Phi) is 9.28. The molecule has 1 saturated carbocycles. The van der Waals surface area contributed by atoms with Crippen LogP contribution in [0.1, 0.15) is 77.8 Å². The van der Waals surface area contributed by atoms with Crippen LogP contribution < -0.4 is 16.8 Å². The van der Waals surface area contributed by atoms with Gasteiger partial charge in [-0.15, -0.1) is 12.6 Å². The molecule has 9 heteroatoms. The number of aromatic hydroxyl groups is 1. The van der Waals surface area contributed by atoms with E-state index in [-0.39, 0.29) is 40.8 Å². The topological polar surface area (TPSA) is 139 Å². The molecule has 1 saturated heterocycles. The molecule has 0 spiro atoms. The van der Waals surface area contributed by atoms with Crippen molar-refractivity contribution in [1.82, 2.24) is 10.2 Å². The molecule has 1 atom stereocenters. The molecule has 6 N–H and O–H groups in total. The highest BCUT2D eigenvalue weighted by Gasteiger charge is 2.43. The number of phenolic OH excluding ortho intramolecular Hbond substituents is 1. The van der Waals surface area contributed by atoms with Gasteiger partial charge in [0.15, 0.2) is 0 Å². The number of allylic oxidation sites excluding steroid dienone is 1. The number of amides is 3. The lowest BCUT2D eigenvalue weighted by atomic mass is 9.91. The summed E-state index contributed by atoms with van der Waals surface area (Å²) in [4.78, 5) is 37.8. The van der Waals surface area contributed by atoms with E-state index in [9.17, 15) is 19.5 Å². The lowest BCUT2D eigenvalue weighted by molar-refractivity contribution is -0.139. The SMILES string of the molecule is C/C(N)=C(/S)c1ccc(CNC(=O)[C@@H]2CCCN2C(=O)CC(C)(C)C)c(O)c1.CC1(C(N)=O)CC1. The second kappa shape index (κ2) is 11.4. The van der Waals surface area contributed by atoms with Crippen LogP contribution in [-0.4, -0.2) is 40.3 Å². The summed E-state index contributed by atoms with van der Waals surface area (Å²) < 4.78 is 0. The minimum atomic E-state index is -0.442. The molecule has 2 aliphatic rings. The molecule has 2 fully saturated rings. The van der Waals surface area contributed by atoms with Crippen LogP contribution in [0, 0.1) is 10.8 Å². The molecule has 3 amide bonds. The maximum Gasteiger partial charge on any atom is 0.243 e. The molecule has 1 aliphatic heterocycles. The monoisotopic (exact) mass is 504 g/mol. The highest BCUT2D eigenvalue weighted by atomic mass is 32.1. The zero-order valence-corrected chi connectivity index (χ0v) is 22.4. The van der Waals surface area contributed by atoms with E-state index in [1.54, 1.807) is 30.0 Å². The maximum absolute atomic E-state index is 12.7. The van der Waals surface area contributed by atoms with Crippen LogP contribution >= 0.6 is 12.6 Å². The predicted molar refractivity (Wildman–Crippen MR) is 141 cm³/mol. The van der Waals surface area contributed by atoms with E-state index in [0.717, 1.165) is 19.3 Å². The van der Waals surface area contributed by atoms with Crippen LogP contribution in [-0.2, 0) is 20.9 Å². The lowest BCUT2D eigenvalue weighted by Gasteiger charge is -2.27. The summed E-state index contributed by atoms with van der Waals surface area (Å²) in [5.41, 5.74) is 12.4. The number of hydrogen-bond acceptors (Lipinski definition) is 6. The fourth-order valence-electron chi connectivity index (χ4n) is 3.72. The molecule has 0 aromatic heterocycles. The van der Waals surface area contributed by atoms with Gasteiger partial charge < -0.3 is 26.8 Å². The highest BCUT2D eigenvalue weighted by molar-refractivity contribution is 7.90. The first-order valence-corrected chi connectivity index (χ1v) is 12.4.